The SMILES string of the molecule is CCOC(=O)C(C(=O)CCOc1ccccc1)C(C)C. The molecule has 0 aliphatic heterocycles. The zero-order valence-corrected chi connectivity index (χ0v) is 12.3. The van der Waals surface area contributed by atoms with Gasteiger partial charge >= 0.3 is 5.97 Å². The van der Waals surface area contributed by atoms with Crippen molar-refractivity contribution in [3.05, 3.63) is 30.3 Å². The van der Waals surface area contributed by atoms with Crippen molar-refractivity contribution in [2.75, 3.05) is 13.2 Å². The Labute approximate surface area is 120 Å². The van der Waals surface area contributed by atoms with Crippen LogP contribution in [-0.4, -0.2) is 25.0 Å². The number of carbonyl (C=O) groups is 2. The summed E-state index contributed by atoms with van der Waals surface area (Å²) in [7, 11) is 0. The lowest BCUT2D eigenvalue weighted by molar-refractivity contribution is -0.153. The summed E-state index contributed by atoms with van der Waals surface area (Å²) in [6.07, 6.45) is 0.205. The number of para-hydroxylation sites is 1. The molecular formula is C16H22O4. The van der Waals surface area contributed by atoms with Gasteiger partial charge in [0.1, 0.15) is 11.7 Å². The fourth-order valence-corrected chi connectivity index (χ4v) is 1.95. The van der Waals surface area contributed by atoms with Crippen molar-refractivity contribution in [3.63, 3.8) is 0 Å². The lowest BCUT2D eigenvalue weighted by Crippen LogP contribution is -2.31. The molecule has 0 aliphatic rings. The quantitative estimate of drug-likeness (QED) is 0.542. The number of ketones is 1. The van der Waals surface area contributed by atoms with Gasteiger partial charge in [-0.3, -0.25) is 9.59 Å². The summed E-state index contributed by atoms with van der Waals surface area (Å²) in [5, 5.41) is 0. The van der Waals surface area contributed by atoms with E-state index in [0.29, 0.717) is 0 Å². The summed E-state index contributed by atoms with van der Waals surface area (Å²) in [6, 6.07) is 9.29. The molecule has 1 atom stereocenters. The van der Waals surface area contributed by atoms with Crippen LogP contribution in [-0.2, 0) is 14.3 Å². The number of hydrogen-bond donors (Lipinski definition) is 0. The van der Waals surface area contributed by atoms with E-state index in [9.17, 15) is 9.59 Å². The van der Waals surface area contributed by atoms with Crippen LogP contribution in [0.4, 0.5) is 0 Å². The highest BCUT2D eigenvalue weighted by molar-refractivity contribution is 5.99. The zero-order chi connectivity index (χ0) is 15.0. The topological polar surface area (TPSA) is 52.6 Å². The van der Waals surface area contributed by atoms with E-state index in [1.165, 1.54) is 0 Å². The normalized spacial score (nSPS) is 12.0. The molecule has 1 rings (SSSR count). The van der Waals surface area contributed by atoms with Crippen LogP contribution in [0.3, 0.4) is 0 Å². The third-order valence-corrected chi connectivity index (χ3v) is 2.91. The van der Waals surface area contributed by atoms with Crippen LogP contribution in [0, 0.1) is 11.8 Å². The van der Waals surface area contributed by atoms with Gasteiger partial charge in [-0.2, -0.15) is 0 Å². The number of benzene rings is 1. The lowest BCUT2D eigenvalue weighted by Gasteiger charge is -2.17. The number of ether oxygens (including phenoxy) is 2. The van der Waals surface area contributed by atoms with E-state index in [2.05, 4.69) is 0 Å². The van der Waals surface area contributed by atoms with E-state index >= 15 is 0 Å². The van der Waals surface area contributed by atoms with Crippen molar-refractivity contribution in [2.24, 2.45) is 11.8 Å². The van der Waals surface area contributed by atoms with E-state index in [0.717, 1.165) is 5.75 Å². The van der Waals surface area contributed by atoms with Gasteiger partial charge in [0.2, 0.25) is 0 Å². The van der Waals surface area contributed by atoms with E-state index in [4.69, 9.17) is 9.47 Å². The molecule has 1 aromatic carbocycles. The van der Waals surface area contributed by atoms with Crippen molar-refractivity contribution in [2.45, 2.75) is 27.2 Å². The highest BCUT2D eigenvalue weighted by Gasteiger charge is 2.30. The van der Waals surface area contributed by atoms with Crippen LogP contribution in [0.1, 0.15) is 27.2 Å². The maximum absolute atomic E-state index is 12.1. The number of Topliss-reactive ketones (excluding diaryl/α,β-unsaturated/α-hetero) is 1. The first kappa shape index (κ1) is 16.2. The van der Waals surface area contributed by atoms with Crippen LogP contribution in [0.5, 0.6) is 5.75 Å². The molecule has 0 aliphatic carbocycles. The Morgan fingerprint density at radius 3 is 2.35 bits per heavy atom. The third-order valence-electron chi connectivity index (χ3n) is 2.91. The van der Waals surface area contributed by atoms with Gasteiger partial charge in [0, 0.05) is 6.42 Å². The number of carbonyl (C=O) groups excluding carboxylic acids is 2. The zero-order valence-electron chi connectivity index (χ0n) is 12.3. The van der Waals surface area contributed by atoms with Gasteiger partial charge in [0.25, 0.3) is 0 Å². The Balaban J connectivity index is 2.48. The average Bonchev–Trinajstić information content (AvgIpc) is 2.40. The first-order valence-corrected chi connectivity index (χ1v) is 6.93. The molecule has 0 aromatic heterocycles. The minimum absolute atomic E-state index is 0.0710. The standard InChI is InChI=1S/C16H22O4/c1-4-19-16(18)15(12(2)3)14(17)10-11-20-13-8-6-5-7-9-13/h5-9,12,15H,4,10-11H2,1-3H3. The first-order chi connectivity index (χ1) is 9.56. The summed E-state index contributed by atoms with van der Waals surface area (Å²) in [5.74, 6) is -0.619. The van der Waals surface area contributed by atoms with Crippen LogP contribution < -0.4 is 4.74 Å². The molecule has 4 heteroatoms. The average molecular weight is 278 g/mol. The Morgan fingerprint density at radius 2 is 1.80 bits per heavy atom. The Kier molecular flexibility index (Phi) is 6.77. The largest absolute Gasteiger partial charge is 0.493 e. The summed E-state index contributed by atoms with van der Waals surface area (Å²) in [5.41, 5.74) is 0. The molecule has 4 nitrogen and oxygen atoms in total. The fourth-order valence-electron chi connectivity index (χ4n) is 1.95. The summed E-state index contributed by atoms with van der Waals surface area (Å²) in [4.78, 5) is 23.9. The first-order valence-electron chi connectivity index (χ1n) is 6.93. The Hall–Kier alpha value is -1.84. The molecule has 0 fully saturated rings. The van der Waals surface area contributed by atoms with Gasteiger partial charge < -0.3 is 9.47 Å². The van der Waals surface area contributed by atoms with Crippen molar-refractivity contribution in [1.82, 2.24) is 0 Å². The second kappa shape index (κ2) is 8.35. The predicted molar refractivity (Wildman–Crippen MR) is 76.5 cm³/mol. The van der Waals surface area contributed by atoms with E-state index in [1.54, 1.807) is 6.92 Å². The highest BCUT2D eigenvalue weighted by atomic mass is 16.5. The van der Waals surface area contributed by atoms with Crippen molar-refractivity contribution in [1.29, 1.82) is 0 Å². The summed E-state index contributed by atoms with van der Waals surface area (Å²) >= 11 is 0. The van der Waals surface area contributed by atoms with E-state index in [1.807, 2.05) is 44.2 Å². The van der Waals surface area contributed by atoms with Gasteiger partial charge in [0.05, 0.1) is 13.2 Å². The molecule has 20 heavy (non-hydrogen) atoms. The molecule has 0 radical (unpaired) electrons. The van der Waals surface area contributed by atoms with Gasteiger partial charge in [-0.15, -0.1) is 0 Å². The highest BCUT2D eigenvalue weighted by Crippen LogP contribution is 2.17. The molecule has 0 heterocycles. The predicted octanol–water partition coefficient (Wildman–Crippen LogP) is 2.86. The molecule has 1 unspecified atom stereocenters. The second-order valence-corrected chi connectivity index (χ2v) is 4.85. The third kappa shape index (κ3) is 5.03. The van der Waals surface area contributed by atoms with Gasteiger partial charge in [-0.05, 0) is 25.0 Å². The molecular weight excluding hydrogens is 256 g/mol. The molecule has 0 bridgehead atoms. The number of esters is 1. The van der Waals surface area contributed by atoms with Gasteiger partial charge in [0.15, 0.2) is 5.78 Å². The van der Waals surface area contributed by atoms with E-state index in [-0.39, 0.29) is 31.3 Å². The van der Waals surface area contributed by atoms with Crippen molar-refractivity contribution >= 4 is 11.8 Å². The number of rotatable bonds is 8. The van der Waals surface area contributed by atoms with E-state index < -0.39 is 11.9 Å². The maximum Gasteiger partial charge on any atom is 0.316 e. The maximum atomic E-state index is 12.1. The summed E-state index contributed by atoms with van der Waals surface area (Å²) < 4.78 is 10.4. The molecule has 0 amide bonds. The molecule has 0 saturated heterocycles. The van der Waals surface area contributed by atoms with Crippen molar-refractivity contribution < 1.29 is 19.1 Å². The van der Waals surface area contributed by atoms with Gasteiger partial charge in [-0.25, -0.2) is 0 Å². The molecule has 0 N–H and O–H groups in total. The molecule has 1 aromatic rings. The van der Waals surface area contributed by atoms with Crippen LogP contribution in [0.15, 0.2) is 30.3 Å². The smallest absolute Gasteiger partial charge is 0.316 e. The minimum atomic E-state index is -0.700. The molecule has 0 spiro atoms. The number of hydrogen-bond acceptors (Lipinski definition) is 4. The minimum Gasteiger partial charge on any atom is -0.493 e. The van der Waals surface area contributed by atoms with Crippen molar-refractivity contribution in [3.8, 4) is 5.75 Å². The monoisotopic (exact) mass is 278 g/mol. The molecule has 110 valence electrons. The van der Waals surface area contributed by atoms with Gasteiger partial charge in [-0.1, -0.05) is 32.0 Å². The molecule has 0 saturated carbocycles. The van der Waals surface area contributed by atoms with Crippen LogP contribution in [0.2, 0.25) is 0 Å². The fraction of sp³-hybridized carbons (Fsp3) is 0.500. The van der Waals surface area contributed by atoms with Crippen LogP contribution >= 0.6 is 0 Å². The Bertz CT molecular complexity index is 425. The second-order valence-electron chi connectivity index (χ2n) is 4.85. The summed E-state index contributed by atoms with van der Waals surface area (Å²) in [6.45, 7) is 5.98. The Morgan fingerprint density at radius 1 is 1.15 bits per heavy atom. The van der Waals surface area contributed by atoms with Crippen LogP contribution in [0.25, 0.3) is 0 Å². The lowest BCUT2D eigenvalue weighted by atomic mass is 9.90.